The molecular formula is C13H21N3O2S. The molecule has 5 nitrogen and oxygen atoms in total. The molecule has 1 aliphatic carbocycles. The fraction of sp³-hybridized carbons (Fsp3) is 0.769. The second-order valence-corrected chi connectivity index (χ2v) is 5.96. The first kappa shape index (κ1) is 14.2. The summed E-state index contributed by atoms with van der Waals surface area (Å²) >= 11 is 5.14. The van der Waals surface area contributed by atoms with Crippen molar-refractivity contribution in [3.05, 3.63) is 0 Å². The van der Waals surface area contributed by atoms with E-state index in [-0.39, 0.29) is 17.9 Å². The Morgan fingerprint density at radius 2 is 2.05 bits per heavy atom. The smallest absolute Gasteiger partial charge is 0.233 e. The quantitative estimate of drug-likeness (QED) is 0.663. The van der Waals surface area contributed by atoms with Crippen molar-refractivity contribution in [2.45, 2.75) is 51.0 Å². The molecule has 0 radical (unpaired) electrons. The summed E-state index contributed by atoms with van der Waals surface area (Å²) in [6.45, 7) is 0.498. The number of carbonyl (C=O) groups is 2. The van der Waals surface area contributed by atoms with E-state index in [1.807, 2.05) is 0 Å². The van der Waals surface area contributed by atoms with Crippen LogP contribution in [0.25, 0.3) is 0 Å². The van der Waals surface area contributed by atoms with Crippen molar-refractivity contribution in [3.63, 3.8) is 0 Å². The summed E-state index contributed by atoms with van der Waals surface area (Å²) in [6.07, 6.45) is 5.76. The van der Waals surface area contributed by atoms with Gasteiger partial charge >= 0.3 is 0 Å². The van der Waals surface area contributed by atoms with Gasteiger partial charge < -0.3 is 16.4 Å². The first-order valence-electron chi connectivity index (χ1n) is 6.92. The number of carbonyl (C=O) groups excluding carboxylic acids is 2. The van der Waals surface area contributed by atoms with Crippen molar-refractivity contribution in [3.8, 4) is 0 Å². The molecule has 2 amide bonds. The maximum Gasteiger partial charge on any atom is 0.233 e. The normalized spacial score (nSPS) is 26.3. The second-order valence-electron chi connectivity index (χ2n) is 5.52. The lowest BCUT2D eigenvalue weighted by Crippen LogP contribution is -2.55. The van der Waals surface area contributed by atoms with Gasteiger partial charge in [0.2, 0.25) is 11.8 Å². The van der Waals surface area contributed by atoms with Crippen molar-refractivity contribution in [2.75, 3.05) is 6.54 Å². The van der Waals surface area contributed by atoms with Crippen LogP contribution in [0.1, 0.15) is 44.9 Å². The lowest BCUT2D eigenvalue weighted by Gasteiger charge is -2.36. The summed E-state index contributed by atoms with van der Waals surface area (Å²) in [5.41, 5.74) is 5.16. The third-order valence-electron chi connectivity index (χ3n) is 4.21. The lowest BCUT2D eigenvalue weighted by atomic mass is 9.73. The molecule has 2 rings (SSSR count). The van der Waals surface area contributed by atoms with Crippen molar-refractivity contribution < 1.29 is 9.59 Å². The Kier molecular flexibility index (Phi) is 4.39. The number of rotatable bonds is 3. The first-order valence-corrected chi connectivity index (χ1v) is 7.33. The summed E-state index contributed by atoms with van der Waals surface area (Å²) in [7, 11) is 0. The molecule has 106 valence electrons. The molecule has 1 saturated heterocycles. The third kappa shape index (κ3) is 3.05. The van der Waals surface area contributed by atoms with E-state index in [0.717, 1.165) is 32.1 Å². The van der Waals surface area contributed by atoms with Crippen LogP contribution in [0.5, 0.6) is 0 Å². The average Bonchev–Trinajstić information content (AvgIpc) is 2.42. The zero-order valence-corrected chi connectivity index (χ0v) is 11.9. The maximum absolute atomic E-state index is 12.5. The van der Waals surface area contributed by atoms with Crippen LogP contribution in [-0.4, -0.2) is 29.4 Å². The van der Waals surface area contributed by atoms with Gasteiger partial charge in [-0.25, -0.2) is 0 Å². The van der Waals surface area contributed by atoms with Crippen LogP contribution in [0.3, 0.4) is 0 Å². The van der Waals surface area contributed by atoms with Crippen LogP contribution < -0.4 is 16.4 Å². The van der Waals surface area contributed by atoms with E-state index in [4.69, 9.17) is 18.0 Å². The van der Waals surface area contributed by atoms with Crippen LogP contribution in [0.2, 0.25) is 0 Å². The molecule has 1 saturated carbocycles. The van der Waals surface area contributed by atoms with Gasteiger partial charge in [0.05, 0.1) is 10.4 Å². The van der Waals surface area contributed by atoms with E-state index in [2.05, 4.69) is 10.6 Å². The maximum atomic E-state index is 12.5. The van der Waals surface area contributed by atoms with E-state index in [1.54, 1.807) is 0 Å². The monoisotopic (exact) mass is 283 g/mol. The Hall–Kier alpha value is -1.17. The predicted octanol–water partition coefficient (Wildman–Crippen LogP) is 0.618. The molecule has 1 atom stereocenters. The highest BCUT2D eigenvalue weighted by atomic mass is 32.1. The Labute approximate surface area is 118 Å². The summed E-state index contributed by atoms with van der Waals surface area (Å²) in [6, 6.07) is -0.00153. The van der Waals surface area contributed by atoms with E-state index < -0.39 is 5.41 Å². The second kappa shape index (κ2) is 5.86. The topological polar surface area (TPSA) is 84.2 Å². The van der Waals surface area contributed by atoms with Gasteiger partial charge in [-0.05, 0) is 19.3 Å². The van der Waals surface area contributed by atoms with Crippen LogP contribution in [0, 0.1) is 5.41 Å². The third-order valence-corrected chi connectivity index (χ3v) is 4.60. The van der Waals surface area contributed by atoms with Crippen LogP contribution in [0.4, 0.5) is 0 Å². The largest absolute Gasteiger partial charge is 0.392 e. The van der Waals surface area contributed by atoms with Crippen molar-refractivity contribution >= 4 is 29.0 Å². The molecule has 2 fully saturated rings. The Balaban J connectivity index is 2.00. The van der Waals surface area contributed by atoms with Crippen LogP contribution in [-0.2, 0) is 9.59 Å². The number of hydrogen-bond acceptors (Lipinski definition) is 3. The van der Waals surface area contributed by atoms with Gasteiger partial charge in [0.25, 0.3) is 0 Å². The zero-order valence-electron chi connectivity index (χ0n) is 11.0. The molecule has 0 bridgehead atoms. The summed E-state index contributed by atoms with van der Waals surface area (Å²) in [4.78, 5) is 23.9. The zero-order chi connectivity index (χ0) is 13.9. The van der Waals surface area contributed by atoms with Gasteiger partial charge in [0, 0.05) is 19.0 Å². The number of nitrogens with one attached hydrogen (secondary N) is 2. The molecule has 4 N–H and O–H groups in total. The molecule has 0 spiro atoms. The number of thiocarbonyl (C=S) groups is 1. The molecule has 2 aliphatic rings. The molecule has 19 heavy (non-hydrogen) atoms. The SMILES string of the molecule is NC(=S)C1(C(=O)NC2CCC(=O)NC2)CCCCC1. The van der Waals surface area contributed by atoms with Gasteiger partial charge in [-0.15, -0.1) is 0 Å². The van der Waals surface area contributed by atoms with Crippen LogP contribution >= 0.6 is 12.2 Å². The average molecular weight is 283 g/mol. The first-order chi connectivity index (χ1) is 9.04. The highest BCUT2D eigenvalue weighted by molar-refractivity contribution is 7.80. The van der Waals surface area contributed by atoms with E-state index >= 15 is 0 Å². The molecule has 0 aromatic heterocycles. The highest BCUT2D eigenvalue weighted by Crippen LogP contribution is 2.37. The molecule has 0 aromatic carbocycles. The molecule has 6 heteroatoms. The number of nitrogens with two attached hydrogens (primary N) is 1. The molecule has 1 unspecified atom stereocenters. The van der Waals surface area contributed by atoms with Crippen LogP contribution in [0.15, 0.2) is 0 Å². The lowest BCUT2D eigenvalue weighted by molar-refractivity contribution is -0.131. The fourth-order valence-electron chi connectivity index (χ4n) is 2.92. The van der Waals surface area contributed by atoms with Gasteiger partial charge in [-0.1, -0.05) is 31.5 Å². The van der Waals surface area contributed by atoms with E-state index in [1.165, 1.54) is 0 Å². The predicted molar refractivity (Wildman–Crippen MR) is 76.5 cm³/mol. The van der Waals surface area contributed by atoms with Crippen molar-refractivity contribution in [1.82, 2.24) is 10.6 Å². The molecule has 1 aliphatic heterocycles. The fourth-order valence-corrected chi connectivity index (χ4v) is 3.22. The molecular weight excluding hydrogens is 262 g/mol. The van der Waals surface area contributed by atoms with Gasteiger partial charge in [-0.3, -0.25) is 9.59 Å². The minimum atomic E-state index is -0.672. The number of amides is 2. The van der Waals surface area contributed by atoms with E-state index in [9.17, 15) is 9.59 Å². The number of hydrogen-bond donors (Lipinski definition) is 3. The minimum absolute atomic E-state index is 0.00153. The molecule has 0 aromatic rings. The Morgan fingerprint density at radius 3 is 2.58 bits per heavy atom. The molecule has 1 heterocycles. The van der Waals surface area contributed by atoms with Gasteiger partial charge in [-0.2, -0.15) is 0 Å². The summed E-state index contributed by atoms with van der Waals surface area (Å²) in [5.74, 6) is -0.00641. The number of piperidine rings is 1. The van der Waals surface area contributed by atoms with Crippen molar-refractivity contribution in [1.29, 1.82) is 0 Å². The highest BCUT2D eigenvalue weighted by Gasteiger charge is 2.43. The summed E-state index contributed by atoms with van der Waals surface area (Å²) < 4.78 is 0. The van der Waals surface area contributed by atoms with Gasteiger partial charge in [0.15, 0.2) is 0 Å². The van der Waals surface area contributed by atoms with Crippen molar-refractivity contribution in [2.24, 2.45) is 11.1 Å². The Bertz CT molecular complexity index is 381. The Morgan fingerprint density at radius 1 is 1.37 bits per heavy atom. The van der Waals surface area contributed by atoms with Gasteiger partial charge in [0.1, 0.15) is 0 Å². The van der Waals surface area contributed by atoms with E-state index in [0.29, 0.717) is 24.4 Å². The minimum Gasteiger partial charge on any atom is -0.392 e. The standard InChI is InChI=1S/C13H21N3O2S/c14-11(19)13(6-2-1-3-7-13)12(18)16-9-4-5-10(17)15-8-9/h9H,1-8H2,(H2,14,19)(H,15,17)(H,16,18). The summed E-state index contributed by atoms with van der Waals surface area (Å²) in [5, 5.41) is 5.77.